The highest BCUT2D eigenvalue weighted by molar-refractivity contribution is 7.89. The largest absolute Gasteiger partial charge is 0.493 e. The van der Waals surface area contributed by atoms with Crippen molar-refractivity contribution >= 4 is 22.4 Å². The number of methoxy groups -OCH3 is 2. The zero-order valence-corrected chi connectivity index (χ0v) is 14.7. The first-order chi connectivity index (χ1) is 9.86. The first-order valence-corrected chi connectivity index (χ1v) is 8.22. The summed E-state index contributed by atoms with van der Waals surface area (Å²) in [6.07, 6.45) is 0.774. The Morgan fingerprint density at radius 2 is 1.91 bits per heavy atom. The quantitative estimate of drug-likeness (QED) is 0.869. The molecule has 126 valence electrons. The van der Waals surface area contributed by atoms with E-state index in [1.54, 1.807) is 6.07 Å². The van der Waals surface area contributed by atoms with Crippen molar-refractivity contribution in [3.8, 4) is 11.5 Å². The van der Waals surface area contributed by atoms with Crippen LogP contribution in [-0.2, 0) is 10.0 Å². The van der Waals surface area contributed by atoms with E-state index in [4.69, 9.17) is 15.2 Å². The van der Waals surface area contributed by atoms with Crippen molar-refractivity contribution in [1.29, 1.82) is 0 Å². The maximum Gasteiger partial charge on any atom is 0.243 e. The van der Waals surface area contributed by atoms with Gasteiger partial charge in [-0.1, -0.05) is 6.92 Å². The third-order valence-electron chi connectivity index (χ3n) is 4.01. The Hall–Kier alpha value is -1.02. The second kappa shape index (κ2) is 7.04. The van der Waals surface area contributed by atoms with Gasteiger partial charge in [-0.15, -0.1) is 12.4 Å². The van der Waals surface area contributed by atoms with E-state index in [9.17, 15) is 8.42 Å². The average molecular weight is 351 g/mol. The molecule has 1 saturated heterocycles. The van der Waals surface area contributed by atoms with Crippen LogP contribution in [0.25, 0.3) is 0 Å². The minimum atomic E-state index is -3.54. The molecule has 0 amide bonds. The molecule has 2 N–H and O–H groups in total. The summed E-state index contributed by atoms with van der Waals surface area (Å²) in [7, 11) is -0.540. The van der Waals surface area contributed by atoms with E-state index < -0.39 is 10.0 Å². The van der Waals surface area contributed by atoms with Gasteiger partial charge in [-0.3, -0.25) is 0 Å². The normalized spacial score (nSPS) is 22.2. The van der Waals surface area contributed by atoms with E-state index >= 15 is 0 Å². The number of hydrogen-bond acceptors (Lipinski definition) is 5. The molecule has 8 heteroatoms. The summed E-state index contributed by atoms with van der Waals surface area (Å²) in [6.45, 7) is 3.42. The number of nitrogens with zero attached hydrogens (tertiary/aromatic N) is 1. The molecule has 1 aromatic rings. The maximum absolute atomic E-state index is 12.7. The zero-order valence-electron chi connectivity index (χ0n) is 13.0. The number of hydrogen-bond donors (Lipinski definition) is 1. The van der Waals surface area contributed by atoms with Crippen LogP contribution in [0.1, 0.15) is 13.3 Å². The maximum atomic E-state index is 12.7. The van der Waals surface area contributed by atoms with Crippen molar-refractivity contribution in [3.63, 3.8) is 0 Å². The summed E-state index contributed by atoms with van der Waals surface area (Å²) in [5, 5.41) is 0. The van der Waals surface area contributed by atoms with Crippen LogP contribution in [-0.4, -0.2) is 46.6 Å². The van der Waals surface area contributed by atoms with Crippen LogP contribution in [0, 0.1) is 5.41 Å². The lowest BCUT2D eigenvalue weighted by Crippen LogP contribution is -2.34. The van der Waals surface area contributed by atoms with E-state index in [2.05, 4.69) is 0 Å². The second-order valence-corrected chi connectivity index (χ2v) is 7.56. The van der Waals surface area contributed by atoms with E-state index in [-0.39, 0.29) is 22.7 Å². The zero-order chi connectivity index (χ0) is 15.7. The van der Waals surface area contributed by atoms with Gasteiger partial charge in [0.15, 0.2) is 11.5 Å². The summed E-state index contributed by atoms with van der Waals surface area (Å²) >= 11 is 0. The molecule has 1 aliphatic heterocycles. The lowest BCUT2D eigenvalue weighted by atomic mass is 9.90. The molecule has 0 saturated carbocycles. The van der Waals surface area contributed by atoms with Gasteiger partial charge < -0.3 is 15.2 Å². The lowest BCUT2D eigenvalue weighted by molar-refractivity contribution is 0.348. The smallest absolute Gasteiger partial charge is 0.243 e. The van der Waals surface area contributed by atoms with Gasteiger partial charge in [-0.25, -0.2) is 8.42 Å². The molecule has 1 aromatic carbocycles. The van der Waals surface area contributed by atoms with E-state index in [0.717, 1.165) is 6.42 Å². The van der Waals surface area contributed by atoms with Crippen molar-refractivity contribution in [2.24, 2.45) is 11.1 Å². The number of halogens is 1. The van der Waals surface area contributed by atoms with Gasteiger partial charge in [-0.2, -0.15) is 4.31 Å². The lowest BCUT2D eigenvalue weighted by Gasteiger charge is -2.22. The van der Waals surface area contributed by atoms with Gasteiger partial charge in [0.1, 0.15) is 0 Å². The van der Waals surface area contributed by atoms with Crippen molar-refractivity contribution in [1.82, 2.24) is 4.31 Å². The molecule has 1 heterocycles. The molecule has 6 nitrogen and oxygen atoms in total. The van der Waals surface area contributed by atoms with Gasteiger partial charge in [0.25, 0.3) is 0 Å². The highest BCUT2D eigenvalue weighted by atomic mass is 35.5. The van der Waals surface area contributed by atoms with Gasteiger partial charge in [0.2, 0.25) is 10.0 Å². The van der Waals surface area contributed by atoms with Crippen molar-refractivity contribution in [2.75, 3.05) is 33.9 Å². The summed E-state index contributed by atoms with van der Waals surface area (Å²) in [6, 6.07) is 4.63. The van der Waals surface area contributed by atoms with Crippen LogP contribution in [0.3, 0.4) is 0 Å². The Kier molecular flexibility index (Phi) is 6.09. The number of sulfonamides is 1. The first-order valence-electron chi connectivity index (χ1n) is 6.78. The van der Waals surface area contributed by atoms with Gasteiger partial charge in [0, 0.05) is 19.2 Å². The fraction of sp³-hybridized carbons (Fsp3) is 0.571. The number of nitrogens with two attached hydrogens (primary N) is 1. The average Bonchev–Trinajstić information content (AvgIpc) is 2.90. The van der Waals surface area contributed by atoms with E-state index in [1.165, 1.54) is 30.7 Å². The summed E-state index contributed by atoms with van der Waals surface area (Å²) in [5.41, 5.74) is 5.59. The van der Waals surface area contributed by atoms with Crippen molar-refractivity contribution in [3.05, 3.63) is 18.2 Å². The molecule has 0 bridgehead atoms. The highest BCUT2D eigenvalue weighted by Crippen LogP contribution is 2.35. The van der Waals surface area contributed by atoms with Crippen molar-refractivity contribution in [2.45, 2.75) is 18.2 Å². The molecule has 0 radical (unpaired) electrons. The molecule has 2 rings (SSSR count). The van der Waals surface area contributed by atoms with Gasteiger partial charge in [0.05, 0.1) is 19.1 Å². The second-order valence-electron chi connectivity index (χ2n) is 5.62. The minimum absolute atomic E-state index is 0. The van der Waals surface area contributed by atoms with Crippen LogP contribution < -0.4 is 15.2 Å². The molecule has 1 aliphatic rings. The van der Waals surface area contributed by atoms with Crippen molar-refractivity contribution < 1.29 is 17.9 Å². The van der Waals surface area contributed by atoms with E-state index in [0.29, 0.717) is 31.1 Å². The Balaban J connectivity index is 0.00000242. The minimum Gasteiger partial charge on any atom is -0.493 e. The third kappa shape index (κ3) is 3.48. The molecule has 0 aromatic heterocycles. The monoisotopic (exact) mass is 350 g/mol. The third-order valence-corrected chi connectivity index (χ3v) is 5.85. The van der Waals surface area contributed by atoms with Gasteiger partial charge in [-0.05, 0) is 30.5 Å². The molecule has 0 spiro atoms. The van der Waals surface area contributed by atoms with Gasteiger partial charge >= 0.3 is 0 Å². The topological polar surface area (TPSA) is 81.9 Å². The Labute approximate surface area is 138 Å². The molecule has 22 heavy (non-hydrogen) atoms. The predicted octanol–water partition coefficient (Wildman–Crippen LogP) is 1.48. The van der Waals surface area contributed by atoms with Crippen LogP contribution in [0.4, 0.5) is 0 Å². The molecule has 1 unspecified atom stereocenters. The summed E-state index contributed by atoms with van der Waals surface area (Å²) in [4.78, 5) is 0.210. The Morgan fingerprint density at radius 1 is 1.27 bits per heavy atom. The fourth-order valence-corrected chi connectivity index (χ4v) is 4.08. The van der Waals surface area contributed by atoms with Crippen LogP contribution in [0.2, 0.25) is 0 Å². The van der Waals surface area contributed by atoms with E-state index in [1.807, 2.05) is 6.92 Å². The predicted molar refractivity (Wildman–Crippen MR) is 87.3 cm³/mol. The van der Waals surface area contributed by atoms with Crippen LogP contribution in [0.15, 0.2) is 23.1 Å². The van der Waals surface area contributed by atoms with Crippen LogP contribution in [0.5, 0.6) is 11.5 Å². The SMILES string of the molecule is COc1ccc(S(=O)(=O)N2CCC(C)(CN)C2)cc1OC.Cl. The molecular weight excluding hydrogens is 328 g/mol. The fourth-order valence-electron chi connectivity index (χ4n) is 2.48. The van der Waals surface area contributed by atoms with Crippen LogP contribution >= 0.6 is 12.4 Å². The highest BCUT2D eigenvalue weighted by Gasteiger charge is 2.39. The number of benzene rings is 1. The summed E-state index contributed by atoms with van der Waals surface area (Å²) < 4.78 is 37.2. The number of rotatable bonds is 5. The molecule has 1 fully saturated rings. The first kappa shape index (κ1) is 19.0. The molecular formula is C14H23ClN2O4S. The Morgan fingerprint density at radius 3 is 2.41 bits per heavy atom. The Bertz CT molecular complexity index is 623. The summed E-state index contributed by atoms with van der Waals surface area (Å²) in [5.74, 6) is 0.907. The molecule has 1 atom stereocenters. The number of ether oxygens (including phenoxy) is 2. The standard InChI is InChI=1S/C14H22N2O4S.ClH/c1-14(9-15)6-7-16(10-14)21(17,18)11-4-5-12(19-2)13(8-11)20-3;/h4-5,8H,6-7,9-10,15H2,1-3H3;1H. The molecule has 0 aliphatic carbocycles.